The van der Waals surface area contributed by atoms with Gasteiger partial charge in [0.25, 0.3) is 0 Å². The summed E-state index contributed by atoms with van der Waals surface area (Å²) >= 11 is 0. The Labute approximate surface area is 124 Å². The maximum absolute atomic E-state index is 9.38. The summed E-state index contributed by atoms with van der Waals surface area (Å²) < 4.78 is 0. The van der Waals surface area contributed by atoms with E-state index >= 15 is 0 Å². The van der Waals surface area contributed by atoms with E-state index in [-0.39, 0.29) is 0 Å². The number of nitrogens with zero attached hydrogens (tertiary/aromatic N) is 1. The highest BCUT2D eigenvalue weighted by atomic mass is 14.2. The van der Waals surface area contributed by atoms with Gasteiger partial charge in [-0.1, -0.05) is 72.9 Å². The third-order valence-electron chi connectivity index (χ3n) is 3.67. The van der Waals surface area contributed by atoms with E-state index in [1.165, 1.54) is 0 Å². The minimum Gasteiger partial charge on any atom is -0.193 e. The number of fused-ring (bicyclic) bond motifs is 1. The summed E-state index contributed by atoms with van der Waals surface area (Å²) in [7, 11) is 0. The first-order chi connectivity index (χ1) is 10.3. The molecule has 2 aromatic carbocycles. The summed E-state index contributed by atoms with van der Waals surface area (Å²) in [6, 6.07) is 14.7. The third-order valence-corrected chi connectivity index (χ3v) is 3.67. The molecule has 1 aliphatic rings. The molecule has 0 amide bonds. The lowest BCUT2D eigenvalue weighted by Crippen LogP contribution is -2.28. The normalized spacial score (nSPS) is 15.0. The Morgan fingerprint density at radius 2 is 1.62 bits per heavy atom. The van der Waals surface area contributed by atoms with E-state index in [2.05, 4.69) is 42.5 Å². The summed E-state index contributed by atoms with van der Waals surface area (Å²) in [6.07, 6.45) is 12.2. The molecular weight excluding hydrogens is 254 g/mol. The van der Waals surface area contributed by atoms with Crippen molar-refractivity contribution in [2.24, 2.45) is 0 Å². The Morgan fingerprint density at radius 3 is 2.33 bits per heavy atom. The van der Waals surface area contributed by atoms with Crippen LogP contribution in [0.25, 0.3) is 21.9 Å². The molecule has 0 radical (unpaired) electrons. The van der Waals surface area contributed by atoms with Gasteiger partial charge in [-0.2, -0.15) is 5.26 Å². The van der Waals surface area contributed by atoms with E-state index in [4.69, 9.17) is 0 Å². The van der Waals surface area contributed by atoms with Gasteiger partial charge in [0.05, 0.1) is 6.07 Å². The molecule has 1 nitrogen and oxygen atoms in total. The van der Waals surface area contributed by atoms with Gasteiger partial charge < -0.3 is 0 Å². The quantitative estimate of drug-likeness (QED) is 0.719. The van der Waals surface area contributed by atoms with Crippen LogP contribution in [0.4, 0.5) is 0 Å². The van der Waals surface area contributed by atoms with Gasteiger partial charge in [-0.15, -0.1) is 0 Å². The fourth-order valence-electron chi connectivity index (χ4n) is 2.65. The minimum absolute atomic E-state index is 0.744. The molecule has 0 bridgehead atoms. The predicted octanol–water partition coefficient (Wildman–Crippen LogP) is 3.37. The fraction of sp³-hybridized carbons (Fsp3) is 0.0500. The van der Waals surface area contributed by atoms with E-state index in [0.717, 1.165) is 32.4 Å². The van der Waals surface area contributed by atoms with Gasteiger partial charge in [0.15, 0.2) is 0 Å². The minimum atomic E-state index is 0.744. The molecule has 0 N–H and O–H groups in total. The van der Waals surface area contributed by atoms with Crippen LogP contribution in [0.2, 0.25) is 0 Å². The van der Waals surface area contributed by atoms with Gasteiger partial charge in [0, 0.05) is 10.8 Å². The summed E-state index contributed by atoms with van der Waals surface area (Å²) in [5.41, 5.74) is 1.86. The Kier molecular flexibility index (Phi) is 3.53. The van der Waals surface area contributed by atoms with Crippen molar-refractivity contribution in [3.8, 4) is 6.07 Å². The van der Waals surface area contributed by atoms with Gasteiger partial charge in [-0.3, -0.25) is 0 Å². The van der Waals surface area contributed by atoms with Crippen molar-refractivity contribution in [3.63, 3.8) is 0 Å². The zero-order chi connectivity index (χ0) is 14.7. The molecule has 3 rings (SSSR count). The summed E-state index contributed by atoms with van der Waals surface area (Å²) in [5.74, 6) is 0. The first-order valence-electron chi connectivity index (χ1n) is 6.96. The number of nitriles is 1. The molecular formula is C20H15N. The molecule has 0 spiro atoms. The predicted molar refractivity (Wildman–Crippen MR) is 88.7 cm³/mol. The molecule has 1 aliphatic carbocycles. The number of rotatable bonds is 0. The highest BCUT2D eigenvalue weighted by Gasteiger charge is 2.02. The van der Waals surface area contributed by atoms with Crippen molar-refractivity contribution in [1.29, 1.82) is 5.26 Å². The van der Waals surface area contributed by atoms with Gasteiger partial charge in [-0.05, 0) is 28.5 Å². The summed E-state index contributed by atoms with van der Waals surface area (Å²) in [5, 5.41) is 13.8. The maximum atomic E-state index is 9.38. The average molecular weight is 269 g/mol. The van der Waals surface area contributed by atoms with Crippen LogP contribution in [-0.4, -0.2) is 0 Å². The Morgan fingerprint density at radius 1 is 0.905 bits per heavy atom. The lowest BCUT2D eigenvalue weighted by Gasteiger charge is -2.03. The molecule has 1 heteroatoms. The van der Waals surface area contributed by atoms with Crippen LogP contribution in [-0.2, 0) is 0 Å². The SMILES string of the molecule is C/C(C#N)=c1\c(=C2C=CC=CC=C2)ccc2ccccc12. The third kappa shape index (κ3) is 2.44. The van der Waals surface area contributed by atoms with Crippen LogP contribution in [0.1, 0.15) is 6.92 Å². The Bertz CT molecular complexity index is 929. The molecule has 0 aromatic heterocycles. The van der Waals surface area contributed by atoms with Crippen molar-refractivity contribution in [2.75, 3.05) is 0 Å². The number of allylic oxidation sites excluding steroid dienone is 6. The van der Waals surface area contributed by atoms with Gasteiger partial charge in [0.1, 0.15) is 0 Å². The van der Waals surface area contributed by atoms with Crippen LogP contribution in [0.3, 0.4) is 0 Å². The van der Waals surface area contributed by atoms with Crippen LogP contribution in [0, 0.1) is 11.3 Å². The molecule has 0 fully saturated rings. The molecule has 2 aromatic rings. The second-order valence-corrected chi connectivity index (χ2v) is 5.00. The van der Waals surface area contributed by atoms with Gasteiger partial charge in [0.2, 0.25) is 0 Å². The molecule has 21 heavy (non-hydrogen) atoms. The van der Waals surface area contributed by atoms with Crippen LogP contribution >= 0.6 is 0 Å². The molecule has 0 aliphatic heterocycles. The highest BCUT2D eigenvalue weighted by Crippen LogP contribution is 2.09. The van der Waals surface area contributed by atoms with E-state index in [9.17, 15) is 5.26 Å². The van der Waals surface area contributed by atoms with E-state index in [1.807, 2.05) is 43.4 Å². The first kappa shape index (κ1) is 13.1. The average Bonchev–Trinajstić information content (AvgIpc) is 2.82. The van der Waals surface area contributed by atoms with Gasteiger partial charge in [-0.25, -0.2) is 0 Å². The summed E-state index contributed by atoms with van der Waals surface area (Å²) in [6.45, 7) is 1.88. The Balaban J connectivity index is 2.58. The summed E-state index contributed by atoms with van der Waals surface area (Å²) in [4.78, 5) is 0. The van der Waals surface area contributed by atoms with Crippen LogP contribution < -0.4 is 10.4 Å². The zero-order valence-electron chi connectivity index (χ0n) is 11.9. The molecule has 0 unspecified atom stereocenters. The monoisotopic (exact) mass is 269 g/mol. The van der Waals surface area contributed by atoms with Crippen molar-refractivity contribution >= 4 is 21.9 Å². The first-order valence-corrected chi connectivity index (χ1v) is 6.96. The standard InChI is InChI=1S/C20H15N/c1-15(14-21)20-18-11-7-6-10-17(18)12-13-19(20)16-8-4-2-3-5-9-16/h2-13H,1H3/b20-15+. The van der Waals surface area contributed by atoms with Crippen molar-refractivity contribution in [2.45, 2.75) is 6.92 Å². The molecule has 0 saturated heterocycles. The maximum Gasteiger partial charge on any atom is 0.0950 e. The van der Waals surface area contributed by atoms with Crippen LogP contribution in [0.5, 0.6) is 0 Å². The van der Waals surface area contributed by atoms with Crippen molar-refractivity contribution in [1.82, 2.24) is 0 Å². The molecule has 0 heterocycles. The smallest absolute Gasteiger partial charge is 0.0950 e. The van der Waals surface area contributed by atoms with Gasteiger partial charge >= 0.3 is 0 Å². The highest BCUT2D eigenvalue weighted by molar-refractivity contribution is 5.87. The van der Waals surface area contributed by atoms with E-state index < -0.39 is 0 Å². The molecule has 0 saturated carbocycles. The van der Waals surface area contributed by atoms with Crippen LogP contribution in [0.15, 0.2) is 72.9 Å². The zero-order valence-corrected chi connectivity index (χ0v) is 11.9. The van der Waals surface area contributed by atoms with E-state index in [1.54, 1.807) is 0 Å². The second kappa shape index (κ2) is 5.64. The lowest BCUT2D eigenvalue weighted by atomic mass is 10.00. The number of hydrogen-bond acceptors (Lipinski definition) is 1. The molecule has 100 valence electrons. The second-order valence-electron chi connectivity index (χ2n) is 5.00. The Hall–Kier alpha value is -2.85. The lowest BCUT2D eigenvalue weighted by molar-refractivity contribution is 1.47. The van der Waals surface area contributed by atoms with E-state index in [0.29, 0.717) is 0 Å². The van der Waals surface area contributed by atoms with Crippen molar-refractivity contribution < 1.29 is 0 Å². The number of hydrogen-bond donors (Lipinski definition) is 0. The number of benzene rings is 2. The largest absolute Gasteiger partial charge is 0.193 e. The fourth-order valence-corrected chi connectivity index (χ4v) is 2.65. The topological polar surface area (TPSA) is 23.8 Å². The molecule has 0 atom stereocenters. The van der Waals surface area contributed by atoms with Crippen molar-refractivity contribution in [3.05, 3.63) is 83.3 Å².